The van der Waals surface area contributed by atoms with Crippen molar-refractivity contribution in [3.8, 4) is 6.01 Å². The highest BCUT2D eigenvalue weighted by Crippen LogP contribution is 2.27. The summed E-state index contributed by atoms with van der Waals surface area (Å²) in [6, 6.07) is 10.8. The van der Waals surface area contributed by atoms with Crippen molar-refractivity contribution in [2.24, 2.45) is 0 Å². The van der Waals surface area contributed by atoms with Crippen molar-refractivity contribution in [3.63, 3.8) is 0 Å². The minimum absolute atomic E-state index is 0.229. The third kappa shape index (κ3) is 3.25. The first-order valence-corrected chi connectivity index (χ1v) is 9.86. The highest BCUT2D eigenvalue weighted by Gasteiger charge is 2.32. The van der Waals surface area contributed by atoms with Crippen LogP contribution >= 0.6 is 0 Å². The highest BCUT2D eigenvalue weighted by atomic mass is 32.2. The molecular formula is C18H18N4O3S. The van der Waals surface area contributed by atoms with Gasteiger partial charge >= 0.3 is 6.01 Å². The molecule has 0 spiro atoms. The van der Waals surface area contributed by atoms with Gasteiger partial charge < -0.3 is 4.74 Å². The van der Waals surface area contributed by atoms with Gasteiger partial charge in [-0.1, -0.05) is 18.2 Å². The van der Waals surface area contributed by atoms with Crippen molar-refractivity contribution >= 4 is 20.9 Å². The number of ether oxygens (including phenoxy) is 1. The Kier molecular flexibility index (Phi) is 4.52. The van der Waals surface area contributed by atoms with Crippen LogP contribution in [0.25, 0.3) is 10.9 Å². The Labute approximate surface area is 151 Å². The molecule has 1 aliphatic rings. The Morgan fingerprint density at radius 2 is 1.77 bits per heavy atom. The average Bonchev–Trinajstić information content (AvgIpc) is 2.68. The maximum absolute atomic E-state index is 13.2. The van der Waals surface area contributed by atoms with E-state index in [2.05, 4.69) is 15.0 Å². The lowest BCUT2D eigenvalue weighted by Crippen LogP contribution is -2.44. The topological polar surface area (TPSA) is 85.3 Å². The zero-order valence-corrected chi connectivity index (χ0v) is 14.8. The molecule has 0 N–H and O–H groups in total. The molecule has 0 saturated carbocycles. The molecule has 3 heterocycles. The van der Waals surface area contributed by atoms with E-state index in [0.29, 0.717) is 12.1 Å². The number of pyridine rings is 1. The molecule has 0 aliphatic carbocycles. The monoisotopic (exact) mass is 370 g/mol. The van der Waals surface area contributed by atoms with E-state index in [4.69, 9.17) is 4.74 Å². The fraction of sp³-hybridized carbons (Fsp3) is 0.278. The van der Waals surface area contributed by atoms with Crippen LogP contribution in [0, 0.1) is 0 Å². The number of hydrogen-bond acceptors (Lipinski definition) is 6. The van der Waals surface area contributed by atoms with Crippen molar-refractivity contribution in [2.45, 2.75) is 23.8 Å². The molecule has 0 bridgehead atoms. The summed E-state index contributed by atoms with van der Waals surface area (Å²) in [5.41, 5.74) is 0.490. The van der Waals surface area contributed by atoms with Crippen molar-refractivity contribution in [1.29, 1.82) is 0 Å². The molecule has 26 heavy (non-hydrogen) atoms. The van der Waals surface area contributed by atoms with E-state index in [1.807, 2.05) is 12.1 Å². The number of nitrogens with zero attached hydrogens (tertiary/aromatic N) is 4. The molecule has 1 saturated heterocycles. The zero-order valence-electron chi connectivity index (χ0n) is 14.0. The van der Waals surface area contributed by atoms with Gasteiger partial charge in [0.2, 0.25) is 10.0 Å². The fourth-order valence-corrected chi connectivity index (χ4v) is 4.81. The number of benzene rings is 1. The van der Waals surface area contributed by atoms with Gasteiger partial charge in [-0.3, -0.25) is 4.98 Å². The Morgan fingerprint density at radius 1 is 1.00 bits per heavy atom. The van der Waals surface area contributed by atoms with Gasteiger partial charge in [0.05, 0.1) is 12.1 Å². The molecule has 0 amide bonds. The number of piperidine rings is 1. The predicted molar refractivity (Wildman–Crippen MR) is 96.2 cm³/mol. The van der Waals surface area contributed by atoms with Gasteiger partial charge in [0, 0.05) is 30.5 Å². The molecule has 0 radical (unpaired) electrons. The molecule has 134 valence electrons. The van der Waals surface area contributed by atoms with Crippen LogP contribution in [0.15, 0.2) is 59.9 Å². The molecule has 1 aromatic carbocycles. The van der Waals surface area contributed by atoms with Gasteiger partial charge in [0.25, 0.3) is 0 Å². The Bertz CT molecular complexity index is 1010. The van der Waals surface area contributed by atoms with E-state index in [1.54, 1.807) is 42.9 Å². The summed E-state index contributed by atoms with van der Waals surface area (Å²) >= 11 is 0. The second-order valence-corrected chi connectivity index (χ2v) is 8.01. The van der Waals surface area contributed by atoms with Crippen LogP contribution in [0.3, 0.4) is 0 Å². The van der Waals surface area contributed by atoms with E-state index in [0.717, 1.165) is 18.2 Å². The molecule has 1 fully saturated rings. The van der Waals surface area contributed by atoms with Crippen LogP contribution in [0.4, 0.5) is 0 Å². The lowest BCUT2D eigenvalue weighted by molar-refractivity contribution is 0.119. The number of para-hydroxylation sites is 1. The van der Waals surface area contributed by atoms with Crippen LogP contribution in [0.1, 0.15) is 12.8 Å². The normalized spacial score (nSPS) is 18.7. The molecule has 3 aromatic rings. The fourth-order valence-electron chi connectivity index (χ4n) is 3.14. The van der Waals surface area contributed by atoms with Crippen LogP contribution < -0.4 is 4.74 Å². The molecule has 4 rings (SSSR count). The van der Waals surface area contributed by atoms with Gasteiger partial charge in [0.1, 0.15) is 11.0 Å². The average molecular weight is 370 g/mol. The quantitative estimate of drug-likeness (QED) is 0.700. The van der Waals surface area contributed by atoms with Gasteiger partial charge in [-0.15, -0.1) is 0 Å². The minimum atomic E-state index is -3.66. The first kappa shape index (κ1) is 16.9. The summed E-state index contributed by atoms with van der Waals surface area (Å²) < 4.78 is 33.6. The highest BCUT2D eigenvalue weighted by molar-refractivity contribution is 7.89. The van der Waals surface area contributed by atoms with E-state index in [-0.39, 0.29) is 23.6 Å². The van der Waals surface area contributed by atoms with Crippen LogP contribution in [-0.4, -0.2) is 46.9 Å². The second kappa shape index (κ2) is 6.97. The van der Waals surface area contributed by atoms with E-state index in [1.165, 1.54) is 4.31 Å². The lowest BCUT2D eigenvalue weighted by atomic mass is 10.1. The Morgan fingerprint density at radius 3 is 2.62 bits per heavy atom. The van der Waals surface area contributed by atoms with Gasteiger partial charge in [-0.2, -0.15) is 4.31 Å². The third-order valence-electron chi connectivity index (χ3n) is 4.37. The zero-order chi connectivity index (χ0) is 18.0. The summed E-state index contributed by atoms with van der Waals surface area (Å²) in [6.07, 6.45) is 6.01. The largest absolute Gasteiger partial charge is 0.459 e. The van der Waals surface area contributed by atoms with Crippen LogP contribution in [0.2, 0.25) is 0 Å². The van der Waals surface area contributed by atoms with Crippen LogP contribution in [0.5, 0.6) is 6.01 Å². The summed E-state index contributed by atoms with van der Waals surface area (Å²) in [5.74, 6) is 0. The van der Waals surface area contributed by atoms with Gasteiger partial charge in [0.15, 0.2) is 0 Å². The third-order valence-corrected chi connectivity index (χ3v) is 6.27. The molecular weight excluding hydrogens is 352 g/mol. The SMILES string of the molecule is O=S(=O)(c1cccc2cccnc12)N1CCCC(Oc2ncccn2)C1. The number of fused-ring (bicyclic) bond motifs is 1. The summed E-state index contributed by atoms with van der Waals surface area (Å²) in [4.78, 5) is 12.6. The first-order valence-electron chi connectivity index (χ1n) is 8.42. The number of hydrogen-bond donors (Lipinski definition) is 0. The van der Waals surface area contributed by atoms with Crippen molar-refractivity contribution in [2.75, 3.05) is 13.1 Å². The van der Waals surface area contributed by atoms with Crippen molar-refractivity contribution in [3.05, 3.63) is 55.0 Å². The molecule has 7 nitrogen and oxygen atoms in total. The van der Waals surface area contributed by atoms with Gasteiger partial charge in [-0.05, 0) is 31.0 Å². The van der Waals surface area contributed by atoms with E-state index < -0.39 is 10.0 Å². The number of rotatable bonds is 4. The Balaban J connectivity index is 1.61. The van der Waals surface area contributed by atoms with Crippen LogP contribution in [-0.2, 0) is 10.0 Å². The molecule has 8 heteroatoms. The maximum Gasteiger partial charge on any atom is 0.316 e. The lowest BCUT2D eigenvalue weighted by Gasteiger charge is -2.31. The van der Waals surface area contributed by atoms with Gasteiger partial charge in [-0.25, -0.2) is 18.4 Å². The molecule has 1 atom stereocenters. The van der Waals surface area contributed by atoms with E-state index in [9.17, 15) is 8.42 Å². The van der Waals surface area contributed by atoms with Crippen molar-refractivity contribution < 1.29 is 13.2 Å². The standard InChI is InChI=1S/C18H18N4O3S/c23-26(24,16-8-1-5-14-6-2-9-19-17(14)16)22-12-3-7-15(13-22)25-18-20-10-4-11-21-18/h1-2,4-6,8-11,15H,3,7,12-13H2. The predicted octanol–water partition coefficient (Wildman–Crippen LogP) is 2.26. The molecule has 2 aromatic heterocycles. The number of aromatic nitrogens is 3. The molecule has 1 aliphatic heterocycles. The minimum Gasteiger partial charge on any atom is -0.459 e. The summed E-state index contributed by atoms with van der Waals surface area (Å²) in [5, 5.41) is 0.802. The smallest absolute Gasteiger partial charge is 0.316 e. The Hall–Kier alpha value is -2.58. The van der Waals surface area contributed by atoms with E-state index >= 15 is 0 Å². The summed E-state index contributed by atoms with van der Waals surface area (Å²) in [7, 11) is -3.66. The maximum atomic E-state index is 13.2. The van der Waals surface area contributed by atoms with Crippen molar-refractivity contribution in [1.82, 2.24) is 19.3 Å². The summed E-state index contributed by atoms with van der Waals surface area (Å²) in [6.45, 7) is 0.727. The number of sulfonamides is 1. The second-order valence-electron chi connectivity index (χ2n) is 6.11. The first-order chi connectivity index (χ1) is 12.6. The molecule has 1 unspecified atom stereocenters.